The van der Waals surface area contributed by atoms with Crippen LogP contribution in [0.15, 0.2) is 23.1 Å². The van der Waals surface area contributed by atoms with Gasteiger partial charge in [0.25, 0.3) is 0 Å². The highest BCUT2D eigenvalue weighted by Gasteiger charge is 2.54. The van der Waals surface area contributed by atoms with E-state index in [1.807, 2.05) is 4.90 Å². The van der Waals surface area contributed by atoms with E-state index in [1.165, 1.54) is 31.4 Å². The molecule has 27 heavy (non-hydrogen) atoms. The summed E-state index contributed by atoms with van der Waals surface area (Å²) >= 11 is 1.11. The third-order valence-electron chi connectivity index (χ3n) is 6.57. The van der Waals surface area contributed by atoms with Crippen LogP contribution in [0, 0.1) is 40.7 Å². The van der Waals surface area contributed by atoms with E-state index >= 15 is 0 Å². The lowest BCUT2D eigenvalue weighted by molar-refractivity contribution is -0.147. The van der Waals surface area contributed by atoms with E-state index in [2.05, 4.69) is 6.07 Å². The van der Waals surface area contributed by atoms with Gasteiger partial charge in [-0.3, -0.25) is 4.79 Å². The first-order valence-electron chi connectivity index (χ1n) is 9.74. The van der Waals surface area contributed by atoms with Gasteiger partial charge in [-0.05, 0) is 68.4 Å². The number of amides is 1. The molecule has 4 fully saturated rings. The third kappa shape index (κ3) is 3.71. The van der Waals surface area contributed by atoms with Gasteiger partial charge in [-0.2, -0.15) is 5.26 Å². The van der Waals surface area contributed by atoms with Crippen LogP contribution in [0.2, 0.25) is 0 Å². The normalized spacial score (nSPS) is 30.9. The fourth-order valence-corrected chi connectivity index (χ4v) is 6.79. The van der Waals surface area contributed by atoms with Gasteiger partial charge in [-0.1, -0.05) is 0 Å². The summed E-state index contributed by atoms with van der Waals surface area (Å²) in [6.45, 7) is 0.452. The molecule has 0 saturated heterocycles. The summed E-state index contributed by atoms with van der Waals surface area (Å²) in [6, 6.07) is 5.61. The van der Waals surface area contributed by atoms with E-state index in [9.17, 15) is 13.6 Å². The molecule has 1 aromatic carbocycles. The molecule has 6 heteroatoms. The monoisotopic (exact) mass is 390 g/mol. The lowest BCUT2D eigenvalue weighted by Crippen LogP contribution is -2.62. The Bertz CT molecular complexity index is 741. The molecule has 0 N–H and O–H groups in total. The van der Waals surface area contributed by atoms with Crippen molar-refractivity contribution in [3.8, 4) is 6.07 Å². The minimum atomic E-state index is -0.633. The molecule has 1 aromatic rings. The van der Waals surface area contributed by atoms with Crippen molar-refractivity contribution in [2.24, 2.45) is 17.8 Å². The van der Waals surface area contributed by atoms with Crippen LogP contribution in [0.3, 0.4) is 0 Å². The molecule has 0 aliphatic heterocycles. The van der Waals surface area contributed by atoms with E-state index in [0.717, 1.165) is 37.1 Å². The fraction of sp³-hybridized carbons (Fsp3) is 0.619. The number of halogens is 2. The Morgan fingerprint density at radius 2 is 1.81 bits per heavy atom. The molecule has 0 unspecified atom stereocenters. The van der Waals surface area contributed by atoms with E-state index in [1.54, 1.807) is 0 Å². The summed E-state index contributed by atoms with van der Waals surface area (Å²) in [6.07, 6.45) is 7.32. The first-order chi connectivity index (χ1) is 13.0. The van der Waals surface area contributed by atoms with Gasteiger partial charge in [0, 0.05) is 23.0 Å². The minimum absolute atomic E-state index is 0.0269. The molecular weight excluding hydrogens is 366 g/mol. The van der Waals surface area contributed by atoms with Crippen LogP contribution in [0.25, 0.3) is 0 Å². The first kappa shape index (κ1) is 18.7. The molecule has 0 atom stereocenters. The topological polar surface area (TPSA) is 44.1 Å². The standard InChI is InChI=1S/C21H24F2N2OS/c22-17-2-3-19(18(23)9-17)27-13-20(26)25(5-1-4-24)21-10-14-6-15(11-21)8-16(7-14)12-21/h2-3,9,14-16H,1,5-8,10-13H2. The average Bonchev–Trinajstić information content (AvgIpc) is 2.60. The first-order valence-corrected chi connectivity index (χ1v) is 10.7. The lowest BCUT2D eigenvalue weighted by atomic mass is 9.52. The van der Waals surface area contributed by atoms with Crippen molar-refractivity contribution in [1.29, 1.82) is 5.26 Å². The van der Waals surface area contributed by atoms with Crippen LogP contribution in [0.1, 0.15) is 44.9 Å². The summed E-state index contributed by atoms with van der Waals surface area (Å²) in [5.74, 6) is 0.956. The van der Waals surface area contributed by atoms with Crippen LogP contribution in [0.4, 0.5) is 8.78 Å². The Balaban J connectivity index is 1.50. The number of hydrogen-bond acceptors (Lipinski definition) is 3. The molecule has 4 aliphatic rings. The summed E-state index contributed by atoms with van der Waals surface area (Å²) in [5, 5.41) is 9.07. The minimum Gasteiger partial charge on any atom is -0.335 e. The van der Waals surface area contributed by atoms with E-state index in [-0.39, 0.29) is 22.1 Å². The zero-order valence-corrected chi connectivity index (χ0v) is 16.1. The van der Waals surface area contributed by atoms with Gasteiger partial charge in [0.05, 0.1) is 18.2 Å². The van der Waals surface area contributed by atoms with Crippen molar-refractivity contribution in [2.45, 2.75) is 55.4 Å². The average molecular weight is 390 g/mol. The van der Waals surface area contributed by atoms with Crippen molar-refractivity contribution >= 4 is 17.7 Å². The zero-order chi connectivity index (χ0) is 19.0. The zero-order valence-electron chi connectivity index (χ0n) is 15.3. The number of hydrogen-bond donors (Lipinski definition) is 0. The van der Waals surface area contributed by atoms with Gasteiger partial charge >= 0.3 is 0 Å². The Kier molecular flexibility index (Phi) is 5.15. The highest BCUT2D eigenvalue weighted by Crippen LogP contribution is 2.57. The molecule has 0 heterocycles. The van der Waals surface area contributed by atoms with E-state index in [4.69, 9.17) is 5.26 Å². The number of nitrogens with zero attached hydrogens (tertiary/aromatic N) is 2. The van der Waals surface area contributed by atoms with Crippen LogP contribution in [-0.4, -0.2) is 28.6 Å². The highest BCUT2D eigenvalue weighted by molar-refractivity contribution is 8.00. The smallest absolute Gasteiger partial charge is 0.233 e. The summed E-state index contributed by atoms with van der Waals surface area (Å²) in [4.78, 5) is 15.4. The van der Waals surface area contributed by atoms with Gasteiger partial charge in [0.2, 0.25) is 5.91 Å². The summed E-state index contributed by atoms with van der Waals surface area (Å²) in [5.41, 5.74) is -0.107. The van der Waals surface area contributed by atoms with Crippen molar-refractivity contribution < 1.29 is 13.6 Å². The van der Waals surface area contributed by atoms with Gasteiger partial charge in [0.15, 0.2) is 0 Å². The Labute approximate surface area is 163 Å². The number of nitriles is 1. The van der Waals surface area contributed by atoms with Crippen molar-refractivity contribution in [3.05, 3.63) is 29.8 Å². The van der Waals surface area contributed by atoms with Crippen molar-refractivity contribution in [3.63, 3.8) is 0 Å². The van der Waals surface area contributed by atoms with Crippen LogP contribution in [0.5, 0.6) is 0 Å². The van der Waals surface area contributed by atoms with Crippen LogP contribution < -0.4 is 0 Å². The number of thioether (sulfide) groups is 1. The largest absolute Gasteiger partial charge is 0.335 e. The van der Waals surface area contributed by atoms with Gasteiger partial charge in [0.1, 0.15) is 11.6 Å². The predicted octanol–water partition coefficient (Wildman–Crippen LogP) is 4.77. The van der Waals surface area contributed by atoms with Gasteiger partial charge < -0.3 is 4.90 Å². The summed E-state index contributed by atoms with van der Waals surface area (Å²) in [7, 11) is 0. The van der Waals surface area contributed by atoms with Gasteiger partial charge in [-0.25, -0.2) is 8.78 Å². The Hall–Kier alpha value is -1.61. The van der Waals surface area contributed by atoms with Gasteiger partial charge in [-0.15, -0.1) is 11.8 Å². The predicted molar refractivity (Wildman–Crippen MR) is 99.9 cm³/mol. The van der Waals surface area contributed by atoms with Crippen LogP contribution >= 0.6 is 11.8 Å². The molecule has 5 rings (SSSR count). The SMILES string of the molecule is N#CCCN(C(=O)CSc1ccc(F)cc1F)C12CC3CC(CC(C3)C1)C2. The Morgan fingerprint density at radius 3 is 2.37 bits per heavy atom. The molecule has 3 nitrogen and oxygen atoms in total. The maximum absolute atomic E-state index is 13.9. The highest BCUT2D eigenvalue weighted by atomic mass is 32.2. The number of benzene rings is 1. The second-order valence-corrected chi connectivity index (χ2v) is 9.48. The maximum atomic E-state index is 13.9. The molecule has 4 bridgehead atoms. The third-order valence-corrected chi connectivity index (χ3v) is 7.61. The molecule has 144 valence electrons. The van der Waals surface area contributed by atoms with Crippen LogP contribution in [-0.2, 0) is 4.79 Å². The molecule has 0 aromatic heterocycles. The van der Waals surface area contributed by atoms with E-state index < -0.39 is 11.6 Å². The molecule has 0 spiro atoms. The molecule has 4 aliphatic carbocycles. The van der Waals surface area contributed by atoms with Crippen molar-refractivity contribution in [2.75, 3.05) is 12.3 Å². The number of carbonyl (C=O) groups excluding carboxylic acids is 1. The second kappa shape index (κ2) is 7.43. The molecular formula is C21H24F2N2OS. The summed E-state index contributed by atoms with van der Waals surface area (Å²) < 4.78 is 27.0. The lowest BCUT2D eigenvalue weighted by Gasteiger charge is -2.60. The number of carbonyl (C=O) groups is 1. The Morgan fingerprint density at radius 1 is 1.19 bits per heavy atom. The fourth-order valence-electron chi connectivity index (χ4n) is 5.99. The second-order valence-electron chi connectivity index (χ2n) is 8.46. The maximum Gasteiger partial charge on any atom is 0.233 e. The number of rotatable bonds is 6. The van der Waals surface area contributed by atoms with E-state index in [0.29, 0.717) is 30.7 Å². The quantitative estimate of drug-likeness (QED) is 0.658. The van der Waals surface area contributed by atoms with Crippen molar-refractivity contribution in [1.82, 2.24) is 4.90 Å². The molecule has 0 radical (unpaired) electrons. The molecule has 4 saturated carbocycles. The molecule has 1 amide bonds.